The summed E-state index contributed by atoms with van der Waals surface area (Å²) in [5, 5.41) is 19.9. The number of rotatable bonds is 7. The zero-order valence-electron chi connectivity index (χ0n) is 12.6. The molecule has 0 aromatic carbocycles. The van der Waals surface area contributed by atoms with E-state index in [4.69, 9.17) is 4.18 Å². The Balaban J connectivity index is 2.94. The average molecular weight is 358 g/mol. The van der Waals surface area contributed by atoms with E-state index in [0.717, 1.165) is 31.8 Å². The number of aliphatic hydroxyl groups is 2. The van der Waals surface area contributed by atoms with Crippen LogP contribution in [0.15, 0.2) is 11.3 Å². The molecule has 1 aliphatic carbocycles. The van der Waals surface area contributed by atoms with Gasteiger partial charge in [0.2, 0.25) is 0 Å². The summed E-state index contributed by atoms with van der Waals surface area (Å²) in [5.41, 5.74) is 0.614. The lowest BCUT2D eigenvalue weighted by Crippen LogP contribution is -2.35. The summed E-state index contributed by atoms with van der Waals surface area (Å²) >= 11 is 0. The SMILES string of the molecule is CS(=O)(=O)OC[C@@H](O)[C@H](O)C(OS(C)(=O)=O)=C1CCCCC1. The topological polar surface area (TPSA) is 127 Å². The van der Waals surface area contributed by atoms with E-state index < -0.39 is 39.1 Å². The van der Waals surface area contributed by atoms with Gasteiger partial charge in [0.25, 0.3) is 10.1 Å². The minimum Gasteiger partial charge on any atom is -0.387 e. The van der Waals surface area contributed by atoms with Crippen molar-refractivity contribution in [1.82, 2.24) is 0 Å². The van der Waals surface area contributed by atoms with Crippen molar-refractivity contribution in [2.45, 2.75) is 44.3 Å². The summed E-state index contributed by atoms with van der Waals surface area (Å²) in [5.74, 6) is -0.230. The van der Waals surface area contributed by atoms with Gasteiger partial charge in [0.15, 0.2) is 0 Å². The van der Waals surface area contributed by atoms with Gasteiger partial charge in [-0.2, -0.15) is 16.8 Å². The van der Waals surface area contributed by atoms with Gasteiger partial charge in [0.05, 0.1) is 19.1 Å². The summed E-state index contributed by atoms with van der Waals surface area (Å²) in [6, 6.07) is 0. The summed E-state index contributed by atoms with van der Waals surface area (Å²) < 4.78 is 53.8. The lowest BCUT2D eigenvalue weighted by molar-refractivity contribution is -0.00379. The van der Waals surface area contributed by atoms with E-state index in [1.54, 1.807) is 0 Å². The van der Waals surface area contributed by atoms with Crippen molar-refractivity contribution < 1.29 is 35.4 Å². The maximum atomic E-state index is 11.4. The van der Waals surface area contributed by atoms with E-state index in [1.807, 2.05) is 0 Å². The predicted octanol–water partition coefficient (Wildman–Crippen LogP) is -0.121. The molecular weight excluding hydrogens is 336 g/mol. The third kappa shape index (κ3) is 7.05. The monoisotopic (exact) mass is 358 g/mol. The van der Waals surface area contributed by atoms with Gasteiger partial charge in [-0.05, 0) is 31.3 Å². The predicted molar refractivity (Wildman–Crippen MR) is 78.8 cm³/mol. The Morgan fingerprint density at radius 2 is 1.59 bits per heavy atom. The second kappa shape index (κ2) is 7.73. The Labute approximate surface area is 131 Å². The molecule has 130 valence electrons. The molecule has 0 heterocycles. The number of allylic oxidation sites excluding steroid dienone is 1. The van der Waals surface area contributed by atoms with Crippen molar-refractivity contribution >= 4 is 20.2 Å². The molecule has 0 unspecified atom stereocenters. The molecule has 1 fully saturated rings. The number of hydrogen-bond acceptors (Lipinski definition) is 8. The fourth-order valence-corrected chi connectivity index (χ4v) is 3.09. The minimum atomic E-state index is -3.88. The van der Waals surface area contributed by atoms with Gasteiger partial charge in [-0.15, -0.1) is 0 Å². The Morgan fingerprint density at radius 3 is 2.05 bits per heavy atom. The van der Waals surface area contributed by atoms with Crippen LogP contribution in [0.2, 0.25) is 0 Å². The first-order valence-corrected chi connectivity index (χ1v) is 10.4. The molecule has 8 nitrogen and oxygen atoms in total. The zero-order chi connectivity index (χ0) is 17.0. The second-order valence-corrected chi connectivity index (χ2v) is 8.54. The second-order valence-electron chi connectivity index (χ2n) is 5.32. The normalized spacial score (nSPS) is 19.5. The van der Waals surface area contributed by atoms with Crippen LogP contribution in [0.3, 0.4) is 0 Å². The van der Waals surface area contributed by atoms with Gasteiger partial charge in [-0.3, -0.25) is 4.18 Å². The Bertz CT molecular complexity index is 597. The van der Waals surface area contributed by atoms with E-state index in [0.29, 0.717) is 18.4 Å². The van der Waals surface area contributed by atoms with Crippen LogP contribution in [-0.2, 0) is 28.6 Å². The Morgan fingerprint density at radius 1 is 1.05 bits per heavy atom. The Hall–Kier alpha value is -0.680. The van der Waals surface area contributed by atoms with Crippen molar-refractivity contribution in [3.8, 4) is 0 Å². The molecule has 0 aromatic rings. The lowest BCUT2D eigenvalue weighted by atomic mass is 9.92. The van der Waals surface area contributed by atoms with Crippen molar-refractivity contribution in [2.24, 2.45) is 0 Å². The van der Waals surface area contributed by atoms with Crippen molar-refractivity contribution in [2.75, 3.05) is 19.1 Å². The molecule has 0 aromatic heterocycles. The standard InChI is InChI=1S/C12H22O8S2/c1-21(15,16)19-8-10(13)11(14)12(20-22(2,17)18)9-6-4-3-5-7-9/h10-11,13-14H,3-8H2,1-2H3/t10-,11+/m1/s1. The van der Waals surface area contributed by atoms with Crippen molar-refractivity contribution in [3.05, 3.63) is 11.3 Å². The smallest absolute Gasteiger partial charge is 0.306 e. The van der Waals surface area contributed by atoms with Crippen LogP contribution in [0.1, 0.15) is 32.1 Å². The molecule has 22 heavy (non-hydrogen) atoms. The molecule has 1 saturated carbocycles. The van der Waals surface area contributed by atoms with Gasteiger partial charge in [0.1, 0.15) is 18.0 Å². The van der Waals surface area contributed by atoms with Gasteiger partial charge in [0, 0.05) is 0 Å². The van der Waals surface area contributed by atoms with Crippen LogP contribution >= 0.6 is 0 Å². The molecule has 0 spiro atoms. The maximum absolute atomic E-state index is 11.4. The zero-order valence-corrected chi connectivity index (χ0v) is 14.2. The molecule has 0 amide bonds. The van der Waals surface area contributed by atoms with E-state index in [1.165, 1.54) is 0 Å². The van der Waals surface area contributed by atoms with Crippen LogP contribution in [0.4, 0.5) is 0 Å². The fourth-order valence-electron chi connectivity index (χ4n) is 2.16. The molecular formula is C12H22O8S2. The molecule has 2 N–H and O–H groups in total. The quantitative estimate of drug-likeness (QED) is 0.476. The molecule has 0 bridgehead atoms. The molecule has 0 radical (unpaired) electrons. The van der Waals surface area contributed by atoms with Crippen LogP contribution < -0.4 is 0 Å². The van der Waals surface area contributed by atoms with Gasteiger partial charge < -0.3 is 14.4 Å². The molecule has 10 heteroatoms. The van der Waals surface area contributed by atoms with E-state index in [9.17, 15) is 27.0 Å². The van der Waals surface area contributed by atoms with Gasteiger partial charge in [-0.1, -0.05) is 6.42 Å². The van der Waals surface area contributed by atoms with Crippen molar-refractivity contribution in [1.29, 1.82) is 0 Å². The molecule has 1 aliphatic rings. The number of hydrogen-bond donors (Lipinski definition) is 2. The third-order valence-corrected chi connectivity index (χ3v) is 4.18. The van der Waals surface area contributed by atoms with E-state index in [-0.39, 0.29) is 5.76 Å². The average Bonchev–Trinajstić information content (AvgIpc) is 2.40. The summed E-state index contributed by atoms with van der Waals surface area (Å²) in [6.07, 6.45) is 2.10. The third-order valence-electron chi connectivity index (χ3n) is 3.13. The summed E-state index contributed by atoms with van der Waals surface area (Å²) in [4.78, 5) is 0. The largest absolute Gasteiger partial charge is 0.387 e. The summed E-state index contributed by atoms with van der Waals surface area (Å²) in [7, 11) is -7.67. The highest BCUT2D eigenvalue weighted by Crippen LogP contribution is 2.29. The van der Waals surface area contributed by atoms with Crippen molar-refractivity contribution in [3.63, 3.8) is 0 Å². The molecule has 2 atom stereocenters. The van der Waals surface area contributed by atoms with Gasteiger partial charge >= 0.3 is 10.1 Å². The van der Waals surface area contributed by atoms with Crippen LogP contribution in [0.5, 0.6) is 0 Å². The fraction of sp³-hybridized carbons (Fsp3) is 0.833. The molecule has 0 aliphatic heterocycles. The van der Waals surface area contributed by atoms with Crippen LogP contribution in [0, 0.1) is 0 Å². The van der Waals surface area contributed by atoms with Crippen LogP contribution in [0.25, 0.3) is 0 Å². The highest BCUT2D eigenvalue weighted by Gasteiger charge is 2.29. The molecule has 0 saturated heterocycles. The number of aliphatic hydroxyl groups excluding tert-OH is 2. The first-order chi connectivity index (χ1) is 9.99. The van der Waals surface area contributed by atoms with E-state index >= 15 is 0 Å². The first kappa shape index (κ1) is 19.4. The van der Waals surface area contributed by atoms with E-state index in [2.05, 4.69) is 4.18 Å². The highest BCUT2D eigenvalue weighted by molar-refractivity contribution is 7.86. The summed E-state index contributed by atoms with van der Waals surface area (Å²) in [6.45, 7) is -0.691. The maximum Gasteiger partial charge on any atom is 0.306 e. The lowest BCUT2D eigenvalue weighted by Gasteiger charge is -2.24. The molecule has 1 rings (SSSR count). The first-order valence-electron chi connectivity index (χ1n) is 6.81. The Kier molecular flexibility index (Phi) is 6.81. The minimum absolute atomic E-state index is 0.230. The highest BCUT2D eigenvalue weighted by atomic mass is 32.2. The van der Waals surface area contributed by atoms with Gasteiger partial charge in [-0.25, -0.2) is 0 Å². The van der Waals surface area contributed by atoms with Crippen LogP contribution in [-0.4, -0.2) is 58.4 Å².